The highest BCUT2D eigenvalue weighted by Crippen LogP contribution is 2.48. The van der Waals surface area contributed by atoms with E-state index in [9.17, 15) is 0 Å². The van der Waals surface area contributed by atoms with Crippen LogP contribution in [0.1, 0.15) is 48.3 Å². The summed E-state index contributed by atoms with van der Waals surface area (Å²) in [5.74, 6) is 1.27. The van der Waals surface area contributed by atoms with Gasteiger partial charge in [0.15, 0.2) is 0 Å². The summed E-state index contributed by atoms with van der Waals surface area (Å²) in [6.07, 6.45) is 3.44. The summed E-state index contributed by atoms with van der Waals surface area (Å²) in [6, 6.07) is 14.2. The number of anilines is 2. The van der Waals surface area contributed by atoms with Crippen molar-refractivity contribution in [3.05, 3.63) is 58.1 Å². The Kier molecular flexibility index (Phi) is 4.10. The molecule has 1 unspecified atom stereocenters. The summed E-state index contributed by atoms with van der Waals surface area (Å²) in [4.78, 5) is 0. The quantitative estimate of drug-likeness (QED) is 0.733. The smallest absolute Gasteiger partial charge is 0.0429 e. The van der Waals surface area contributed by atoms with Crippen LogP contribution in [0.4, 0.5) is 11.4 Å². The fourth-order valence-corrected chi connectivity index (χ4v) is 5.48. The van der Waals surface area contributed by atoms with Gasteiger partial charge >= 0.3 is 0 Å². The highest BCUT2D eigenvalue weighted by atomic mass is 35.5. The van der Waals surface area contributed by atoms with Gasteiger partial charge in [0.25, 0.3) is 0 Å². The SMILES string of the molecule is CCc1cc(Cl)cc(N[C@@H]2CN[C@@H]3CC4CNc5cccc(c54)[C@@H]3C2)c1. The molecule has 3 nitrogen and oxygen atoms in total. The van der Waals surface area contributed by atoms with Gasteiger partial charge in [-0.15, -0.1) is 0 Å². The largest absolute Gasteiger partial charge is 0.384 e. The number of benzene rings is 2. The number of rotatable bonds is 3. The second-order valence-electron chi connectivity index (χ2n) is 8.02. The first-order valence-corrected chi connectivity index (χ1v) is 10.2. The Morgan fingerprint density at radius 3 is 2.96 bits per heavy atom. The summed E-state index contributed by atoms with van der Waals surface area (Å²) >= 11 is 6.30. The van der Waals surface area contributed by atoms with Crippen LogP contribution in [-0.2, 0) is 6.42 Å². The van der Waals surface area contributed by atoms with Gasteiger partial charge in [0.1, 0.15) is 0 Å². The number of nitrogens with one attached hydrogen (secondary N) is 3. The first-order valence-electron chi connectivity index (χ1n) is 9.87. The highest BCUT2D eigenvalue weighted by molar-refractivity contribution is 6.30. The van der Waals surface area contributed by atoms with Gasteiger partial charge in [-0.25, -0.2) is 0 Å². The van der Waals surface area contributed by atoms with E-state index < -0.39 is 0 Å². The highest BCUT2D eigenvalue weighted by Gasteiger charge is 2.41. The molecule has 4 heteroatoms. The Morgan fingerprint density at radius 2 is 2.08 bits per heavy atom. The van der Waals surface area contributed by atoms with E-state index in [1.54, 1.807) is 11.1 Å². The Balaban J connectivity index is 1.39. The molecule has 3 N–H and O–H groups in total. The average molecular weight is 368 g/mol. The molecule has 26 heavy (non-hydrogen) atoms. The van der Waals surface area contributed by atoms with E-state index in [0.717, 1.165) is 30.2 Å². The first kappa shape index (κ1) is 16.5. The van der Waals surface area contributed by atoms with Crippen molar-refractivity contribution in [1.82, 2.24) is 5.32 Å². The zero-order chi connectivity index (χ0) is 17.7. The molecule has 1 fully saturated rings. The minimum atomic E-state index is 0.432. The Hall–Kier alpha value is -1.71. The molecule has 2 heterocycles. The fourth-order valence-electron chi connectivity index (χ4n) is 5.22. The normalized spacial score (nSPS) is 28.8. The van der Waals surface area contributed by atoms with Crippen molar-refractivity contribution in [1.29, 1.82) is 0 Å². The van der Waals surface area contributed by atoms with Gasteiger partial charge in [-0.05, 0) is 60.2 Å². The Morgan fingerprint density at radius 1 is 1.15 bits per heavy atom. The van der Waals surface area contributed by atoms with Crippen molar-refractivity contribution in [2.45, 2.75) is 50.1 Å². The first-order chi connectivity index (χ1) is 12.7. The van der Waals surface area contributed by atoms with Crippen LogP contribution in [0.2, 0.25) is 5.02 Å². The average Bonchev–Trinajstić information content (AvgIpc) is 3.06. The maximum Gasteiger partial charge on any atom is 0.0429 e. The topological polar surface area (TPSA) is 36.1 Å². The second-order valence-corrected chi connectivity index (χ2v) is 8.46. The zero-order valence-electron chi connectivity index (χ0n) is 15.2. The lowest BCUT2D eigenvalue weighted by Crippen LogP contribution is -2.51. The second kappa shape index (κ2) is 6.47. The van der Waals surface area contributed by atoms with Crippen molar-refractivity contribution in [3.8, 4) is 0 Å². The van der Waals surface area contributed by atoms with Crippen LogP contribution in [0.15, 0.2) is 36.4 Å². The lowest BCUT2D eigenvalue weighted by molar-refractivity contribution is 0.289. The third kappa shape index (κ3) is 2.78. The molecule has 0 aromatic heterocycles. The third-order valence-electron chi connectivity index (χ3n) is 6.41. The van der Waals surface area contributed by atoms with E-state index in [-0.39, 0.29) is 0 Å². The fraction of sp³-hybridized carbons (Fsp3) is 0.455. The summed E-state index contributed by atoms with van der Waals surface area (Å²) in [7, 11) is 0. The minimum Gasteiger partial charge on any atom is -0.384 e. The van der Waals surface area contributed by atoms with Crippen molar-refractivity contribution < 1.29 is 0 Å². The molecule has 0 amide bonds. The molecule has 2 aromatic rings. The molecular formula is C22H26ClN3. The van der Waals surface area contributed by atoms with E-state index in [1.165, 1.54) is 24.1 Å². The van der Waals surface area contributed by atoms with Crippen LogP contribution >= 0.6 is 11.6 Å². The van der Waals surface area contributed by atoms with Crippen molar-refractivity contribution in [3.63, 3.8) is 0 Å². The molecule has 136 valence electrons. The summed E-state index contributed by atoms with van der Waals surface area (Å²) in [5.41, 5.74) is 6.95. The van der Waals surface area contributed by atoms with E-state index in [0.29, 0.717) is 23.9 Å². The predicted molar refractivity (Wildman–Crippen MR) is 110 cm³/mol. The van der Waals surface area contributed by atoms with Crippen molar-refractivity contribution >= 4 is 23.0 Å². The molecule has 1 aliphatic carbocycles. The molecule has 3 aliphatic rings. The lowest BCUT2D eigenvalue weighted by Gasteiger charge is -2.43. The van der Waals surface area contributed by atoms with Crippen LogP contribution in [-0.4, -0.2) is 25.2 Å². The molecule has 4 atom stereocenters. The van der Waals surface area contributed by atoms with Gasteiger partial charge in [0, 0.05) is 53.4 Å². The van der Waals surface area contributed by atoms with Crippen LogP contribution < -0.4 is 16.0 Å². The predicted octanol–water partition coefficient (Wildman–Crippen LogP) is 4.74. The number of halogens is 1. The molecule has 2 aliphatic heterocycles. The molecule has 1 saturated heterocycles. The standard InChI is InChI=1S/C22H26ClN3/c1-2-13-6-15(23)9-16(7-13)26-17-10-19-18-4-3-5-20-22(18)14(11-24-20)8-21(19)25-12-17/h3-7,9,14,17,19,21,24-26H,2,8,10-12H2,1H3/t14?,17-,19-,21+/m0/s1. The molecule has 0 spiro atoms. The molecule has 0 radical (unpaired) electrons. The van der Waals surface area contributed by atoms with E-state index >= 15 is 0 Å². The van der Waals surface area contributed by atoms with Crippen molar-refractivity contribution in [2.75, 3.05) is 23.7 Å². The van der Waals surface area contributed by atoms with Crippen LogP contribution in [0.25, 0.3) is 0 Å². The van der Waals surface area contributed by atoms with E-state index in [1.807, 2.05) is 6.07 Å². The lowest BCUT2D eigenvalue weighted by atomic mass is 9.70. The molecule has 0 bridgehead atoms. The van der Waals surface area contributed by atoms with Gasteiger partial charge in [-0.3, -0.25) is 0 Å². The summed E-state index contributed by atoms with van der Waals surface area (Å²) in [5, 5.41) is 12.0. The molecular weight excluding hydrogens is 342 g/mol. The monoisotopic (exact) mass is 367 g/mol. The van der Waals surface area contributed by atoms with Gasteiger partial charge in [0.2, 0.25) is 0 Å². The number of piperidine rings is 1. The molecule has 2 aromatic carbocycles. The van der Waals surface area contributed by atoms with E-state index in [4.69, 9.17) is 11.6 Å². The Bertz CT molecular complexity index is 834. The minimum absolute atomic E-state index is 0.432. The van der Waals surface area contributed by atoms with Crippen LogP contribution in [0.5, 0.6) is 0 Å². The molecule has 5 rings (SSSR count). The molecule has 0 saturated carbocycles. The number of fused-ring (bicyclic) bond motifs is 2. The van der Waals surface area contributed by atoms with Crippen LogP contribution in [0.3, 0.4) is 0 Å². The van der Waals surface area contributed by atoms with Crippen molar-refractivity contribution in [2.24, 2.45) is 0 Å². The van der Waals surface area contributed by atoms with E-state index in [2.05, 4.69) is 53.2 Å². The van der Waals surface area contributed by atoms with Gasteiger partial charge in [0.05, 0.1) is 0 Å². The maximum absolute atomic E-state index is 6.30. The van der Waals surface area contributed by atoms with Gasteiger partial charge in [-0.1, -0.05) is 30.7 Å². The zero-order valence-corrected chi connectivity index (χ0v) is 15.9. The Labute approximate surface area is 160 Å². The number of hydrogen-bond donors (Lipinski definition) is 3. The summed E-state index contributed by atoms with van der Waals surface area (Å²) in [6.45, 7) is 4.29. The van der Waals surface area contributed by atoms with Gasteiger partial charge in [-0.2, -0.15) is 0 Å². The van der Waals surface area contributed by atoms with Gasteiger partial charge < -0.3 is 16.0 Å². The maximum atomic E-state index is 6.30. The number of aryl methyl sites for hydroxylation is 1. The summed E-state index contributed by atoms with van der Waals surface area (Å²) < 4.78 is 0. The third-order valence-corrected chi connectivity index (χ3v) is 6.63. The number of hydrogen-bond acceptors (Lipinski definition) is 3. The van der Waals surface area contributed by atoms with Crippen LogP contribution in [0, 0.1) is 0 Å².